The lowest BCUT2D eigenvalue weighted by Gasteiger charge is -2.33. The minimum absolute atomic E-state index is 0.885. The first-order valence-corrected chi connectivity index (χ1v) is 12.7. The van der Waals surface area contributed by atoms with Gasteiger partial charge in [-0.1, -0.05) is 74.7 Å². The maximum absolute atomic E-state index is 2.70. The smallest absolute Gasteiger partial charge is 0.00925 e. The van der Waals surface area contributed by atoms with Gasteiger partial charge in [-0.3, -0.25) is 0 Å². The van der Waals surface area contributed by atoms with Gasteiger partial charge in [0.15, 0.2) is 0 Å². The molecule has 2 rings (SSSR count). The van der Waals surface area contributed by atoms with Crippen LogP contribution in [-0.4, -0.2) is 48.1 Å². The molecule has 2 fully saturated rings. The van der Waals surface area contributed by atoms with E-state index in [0.29, 0.717) is 0 Å². The van der Waals surface area contributed by atoms with E-state index in [9.17, 15) is 0 Å². The van der Waals surface area contributed by atoms with Crippen LogP contribution >= 0.6 is 0 Å². The molecule has 0 saturated carbocycles. The summed E-state index contributed by atoms with van der Waals surface area (Å²) in [5, 5.41) is 0. The van der Waals surface area contributed by atoms with Crippen LogP contribution in [0.25, 0.3) is 0 Å². The third-order valence-corrected chi connectivity index (χ3v) is 5.75. The van der Waals surface area contributed by atoms with E-state index in [2.05, 4.69) is 37.5 Å². The zero-order valence-electron chi connectivity index (χ0n) is 20.7. The highest BCUT2D eigenvalue weighted by Crippen LogP contribution is 2.18. The van der Waals surface area contributed by atoms with Gasteiger partial charge in [0.2, 0.25) is 0 Å². The fraction of sp³-hybridized carbons (Fsp3) is 1.00. The molecular formula is C25H56N2. The lowest BCUT2D eigenvalue weighted by molar-refractivity contribution is 0.150. The Balaban J connectivity index is 0. The maximum Gasteiger partial charge on any atom is 0.00925 e. The summed E-state index contributed by atoms with van der Waals surface area (Å²) >= 11 is 0. The Morgan fingerprint density at radius 1 is 0.519 bits per heavy atom. The van der Waals surface area contributed by atoms with Crippen molar-refractivity contribution >= 4 is 0 Å². The molecule has 0 radical (unpaired) electrons. The van der Waals surface area contributed by atoms with Gasteiger partial charge < -0.3 is 9.80 Å². The highest BCUT2D eigenvalue weighted by molar-refractivity contribution is 4.75. The fourth-order valence-electron chi connectivity index (χ4n) is 4.35. The largest absolute Gasteiger partial charge is 0.300 e. The lowest BCUT2D eigenvalue weighted by Crippen LogP contribution is -2.38. The van der Waals surface area contributed by atoms with Gasteiger partial charge >= 0.3 is 0 Å². The number of piperidine rings is 1. The van der Waals surface area contributed by atoms with Gasteiger partial charge in [0.1, 0.15) is 0 Å². The molecule has 2 heterocycles. The summed E-state index contributed by atoms with van der Waals surface area (Å²) in [6.07, 6.45) is 15.3. The average Bonchev–Trinajstić information content (AvgIpc) is 3.29. The third-order valence-electron chi connectivity index (χ3n) is 5.75. The summed E-state index contributed by atoms with van der Waals surface area (Å²) in [7, 11) is 0. The van der Waals surface area contributed by atoms with Crippen LogP contribution in [0.5, 0.6) is 0 Å². The van der Waals surface area contributed by atoms with Gasteiger partial charge in [0.05, 0.1) is 0 Å². The number of hydrogen-bond donors (Lipinski definition) is 0. The van der Waals surface area contributed by atoms with Crippen LogP contribution in [0, 0.1) is 0 Å². The second-order valence-electron chi connectivity index (χ2n) is 7.54. The molecule has 0 aromatic heterocycles. The van der Waals surface area contributed by atoms with E-state index < -0.39 is 0 Å². The van der Waals surface area contributed by atoms with Crippen molar-refractivity contribution in [2.45, 2.75) is 138 Å². The second-order valence-corrected chi connectivity index (χ2v) is 7.54. The topological polar surface area (TPSA) is 6.48 Å². The van der Waals surface area contributed by atoms with E-state index in [1.807, 2.05) is 27.7 Å². The van der Waals surface area contributed by atoms with E-state index in [0.717, 1.165) is 12.1 Å². The van der Waals surface area contributed by atoms with Gasteiger partial charge in [-0.25, -0.2) is 0 Å². The van der Waals surface area contributed by atoms with Crippen LogP contribution in [0.4, 0.5) is 0 Å². The van der Waals surface area contributed by atoms with Crippen LogP contribution in [0.3, 0.4) is 0 Å². The van der Waals surface area contributed by atoms with Crippen LogP contribution in [-0.2, 0) is 0 Å². The van der Waals surface area contributed by atoms with Crippen molar-refractivity contribution in [3.8, 4) is 0 Å². The first-order valence-electron chi connectivity index (χ1n) is 12.7. The zero-order valence-corrected chi connectivity index (χ0v) is 20.7. The quantitative estimate of drug-likeness (QED) is 0.422. The molecule has 0 aromatic carbocycles. The summed E-state index contributed by atoms with van der Waals surface area (Å²) in [5.74, 6) is 0. The van der Waals surface area contributed by atoms with Crippen LogP contribution in [0.2, 0.25) is 0 Å². The normalized spacial score (nSPS) is 19.6. The van der Waals surface area contributed by atoms with Crippen molar-refractivity contribution in [1.29, 1.82) is 0 Å². The minimum Gasteiger partial charge on any atom is -0.300 e. The zero-order chi connectivity index (χ0) is 20.9. The molecule has 27 heavy (non-hydrogen) atoms. The monoisotopic (exact) mass is 384 g/mol. The first-order chi connectivity index (χ1) is 13.3. The molecule has 2 aliphatic rings. The molecule has 2 atom stereocenters. The van der Waals surface area contributed by atoms with Gasteiger partial charge in [-0.15, -0.1) is 0 Å². The molecule has 166 valence electrons. The number of hydrogen-bond acceptors (Lipinski definition) is 2. The molecule has 0 N–H and O–H groups in total. The predicted molar refractivity (Wildman–Crippen MR) is 127 cm³/mol. The standard InChI is InChI=1S/C11H23N.C10H21N.2C2H6/c1-3-8-11(4-2)12-9-6-5-7-10-12;1-3-7-10(4-2)11-8-5-6-9-11;2*1-2/h11H,3-10H2,1-2H3;10H,3-9H2,1-2H3;2*1-2H3. The SMILES string of the molecule is CC.CC.CCCC(CC)N1CCCC1.CCCC(CC)N1CCCCC1. The summed E-state index contributed by atoms with van der Waals surface area (Å²) in [5.41, 5.74) is 0. The Kier molecular flexibility index (Phi) is 24.0. The van der Waals surface area contributed by atoms with E-state index in [4.69, 9.17) is 0 Å². The first kappa shape index (κ1) is 29.1. The van der Waals surface area contributed by atoms with Crippen LogP contribution in [0.15, 0.2) is 0 Å². The van der Waals surface area contributed by atoms with Crippen molar-refractivity contribution < 1.29 is 0 Å². The molecule has 0 spiro atoms. The summed E-state index contributed by atoms with van der Waals surface area (Å²) in [6, 6.07) is 1.78. The molecule has 2 aliphatic heterocycles. The Hall–Kier alpha value is -0.0800. The van der Waals surface area contributed by atoms with E-state index >= 15 is 0 Å². The van der Waals surface area contributed by atoms with Crippen LogP contribution in [0.1, 0.15) is 126 Å². The molecule has 2 nitrogen and oxygen atoms in total. The Bertz CT molecular complexity index is 252. The number of rotatable bonds is 8. The second kappa shape index (κ2) is 22.2. The van der Waals surface area contributed by atoms with Crippen molar-refractivity contribution in [1.82, 2.24) is 9.80 Å². The van der Waals surface area contributed by atoms with E-state index in [1.54, 1.807) is 0 Å². The van der Waals surface area contributed by atoms with Gasteiger partial charge in [-0.05, 0) is 77.5 Å². The molecule has 2 unspecified atom stereocenters. The molecule has 2 saturated heterocycles. The van der Waals surface area contributed by atoms with Gasteiger partial charge in [-0.2, -0.15) is 0 Å². The lowest BCUT2D eigenvalue weighted by atomic mass is 10.0. The fourth-order valence-corrected chi connectivity index (χ4v) is 4.35. The summed E-state index contributed by atoms with van der Waals surface area (Å²) < 4.78 is 0. The number of nitrogens with zero attached hydrogens (tertiary/aromatic N) is 2. The van der Waals surface area contributed by atoms with E-state index in [-0.39, 0.29) is 0 Å². The molecular weight excluding hydrogens is 328 g/mol. The van der Waals surface area contributed by atoms with Crippen molar-refractivity contribution in [3.63, 3.8) is 0 Å². The van der Waals surface area contributed by atoms with Crippen molar-refractivity contribution in [2.75, 3.05) is 26.2 Å². The Labute approximate surface area is 174 Å². The molecule has 0 bridgehead atoms. The molecule has 0 aromatic rings. The average molecular weight is 385 g/mol. The highest BCUT2D eigenvalue weighted by Gasteiger charge is 2.19. The number of likely N-dealkylation sites (tertiary alicyclic amines) is 2. The maximum atomic E-state index is 2.70. The third kappa shape index (κ3) is 13.7. The summed E-state index contributed by atoms with van der Waals surface area (Å²) in [6.45, 7) is 22.7. The van der Waals surface area contributed by atoms with E-state index in [1.165, 1.54) is 96.8 Å². The van der Waals surface area contributed by atoms with Gasteiger partial charge in [0.25, 0.3) is 0 Å². The molecule has 2 heteroatoms. The van der Waals surface area contributed by atoms with Crippen molar-refractivity contribution in [2.24, 2.45) is 0 Å². The highest BCUT2D eigenvalue weighted by atomic mass is 15.2. The summed E-state index contributed by atoms with van der Waals surface area (Å²) in [4.78, 5) is 5.37. The Morgan fingerprint density at radius 3 is 1.07 bits per heavy atom. The van der Waals surface area contributed by atoms with Crippen LogP contribution < -0.4 is 0 Å². The molecule has 0 amide bonds. The predicted octanol–water partition coefficient (Wildman–Crippen LogP) is 7.76. The van der Waals surface area contributed by atoms with Crippen molar-refractivity contribution in [3.05, 3.63) is 0 Å². The Morgan fingerprint density at radius 2 is 0.815 bits per heavy atom. The van der Waals surface area contributed by atoms with Gasteiger partial charge in [0, 0.05) is 12.1 Å². The molecule has 0 aliphatic carbocycles. The minimum atomic E-state index is 0.885.